The molecule has 0 aliphatic heterocycles. The van der Waals surface area contributed by atoms with Crippen molar-refractivity contribution in [2.45, 2.75) is 13.0 Å². The van der Waals surface area contributed by atoms with E-state index in [2.05, 4.69) is 10.5 Å². The molecule has 2 rings (SSSR count). The third-order valence-corrected chi connectivity index (χ3v) is 2.69. The predicted octanol–water partition coefficient (Wildman–Crippen LogP) is 0.883. The van der Waals surface area contributed by atoms with Gasteiger partial charge in [-0.2, -0.15) is 5.10 Å². The van der Waals surface area contributed by atoms with Crippen LogP contribution in [0.2, 0.25) is 0 Å². The van der Waals surface area contributed by atoms with Crippen LogP contribution < -0.4 is 16.0 Å². The van der Waals surface area contributed by atoms with Gasteiger partial charge in [0, 0.05) is 12.6 Å². The molecule has 1 atom stereocenters. The smallest absolute Gasteiger partial charge is 0.161 e. The van der Waals surface area contributed by atoms with Crippen LogP contribution >= 0.6 is 0 Å². The Morgan fingerprint density at radius 3 is 2.88 bits per heavy atom. The van der Waals surface area contributed by atoms with Crippen LogP contribution in [0.15, 0.2) is 22.9 Å². The maximum atomic E-state index is 5.61. The first-order chi connectivity index (χ1) is 8.17. The van der Waals surface area contributed by atoms with Crippen molar-refractivity contribution in [2.75, 3.05) is 7.11 Å². The second-order valence-electron chi connectivity index (χ2n) is 3.81. The van der Waals surface area contributed by atoms with E-state index in [0.717, 1.165) is 17.0 Å². The first-order valence-corrected chi connectivity index (χ1v) is 5.24. The fourth-order valence-electron chi connectivity index (χ4n) is 1.86. The molecule has 6 heteroatoms. The minimum Gasteiger partial charge on any atom is -0.493 e. The van der Waals surface area contributed by atoms with Crippen molar-refractivity contribution in [3.8, 4) is 5.75 Å². The molecule has 0 aliphatic rings. The topological polar surface area (TPSA) is 78.2 Å². The highest BCUT2D eigenvalue weighted by Gasteiger charge is 2.22. The Labute approximate surface area is 99.3 Å². The molecule has 0 fully saturated rings. The Balaban J connectivity index is 2.44. The van der Waals surface area contributed by atoms with Gasteiger partial charge >= 0.3 is 0 Å². The van der Waals surface area contributed by atoms with Gasteiger partial charge in [-0.25, -0.2) is 5.43 Å². The van der Waals surface area contributed by atoms with E-state index in [4.69, 9.17) is 15.0 Å². The van der Waals surface area contributed by atoms with E-state index >= 15 is 0 Å². The lowest BCUT2D eigenvalue weighted by atomic mass is 10.1. The highest BCUT2D eigenvalue weighted by molar-refractivity contribution is 5.35. The summed E-state index contributed by atoms with van der Waals surface area (Å²) in [6.45, 7) is 1.89. The molecular weight excluding hydrogens is 220 g/mol. The van der Waals surface area contributed by atoms with Crippen LogP contribution in [-0.4, -0.2) is 16.9 Å². The van der Waals surface area contributed by atoms with Gasteiger partial charge in [0.1, 0.15) is 11.5 Å². The van der Waals surface area contributed by atoms with E-state index in [1.54, 1.807) is 24.3 Å². The summed E-state index contributed by atoms with van der Waals surface area (Å²) in [7, 11) is 3.45. The summed E-state index contributed by atoms with van der Waals surface area (Å²) in [6, 6.07) is 1.71. The number of rotatable bonds is 4. The van der Waals surface area contributed by atoms with Crippen molar-refractivity contribution in [3.63, 3.8) is 0 Å². The van der Waals surface area contributed by atoms with Gasteiger partial charge in [-0.1, -0.05) is 0 Å². The van der Waals surface area contributed by atoms with E-state index in [-0.39, 0.29) is 6.04 Å². The number of aromatic nitrogens is 2. The first-order valence-electron chi connectivity index (χ1n) is 5.24. The molecule has 0 spiro atoms. The third-order valence-electron chi connectivity index (χ3n) is 2.69. The molecule has 2 aromatic heterocycles. The van der Waals surface area contributed by atoms with Gasteiger partial charge in [0.25, 0.3) is 0 Å². The molecule has 0 aliphatic carbocycles. The molecule has 2 aromatic rings. The lowest BCUT2D eigenvalue weighted by Crippen LogP contribution is -2.30. The van der Waals surface area contributed by atoms with Crippen LogP contribution in [0.5, 0.6) is 5.75 Å². The number of ether oxygens (including phenoxy) is 1. The number of hydrogen-bond donors (Lipinski definition) is 2. The van der Waals surface area contributed by atoms with Crippen molar-refractivity contribution in [2.24, 2.45) is 12.9 Å². The highest BCUT2D eigenvalue weighted by atomic mass is 16.5. The summed E-state index contributed by atoms with van der Waals surface area (Å²) in [5.74, 6) is 7.13. The molecule has 92 valence electrons. The zero-order chi connectivity index (χ0) is 12.4. The van der Waals surface area contributed by atoms with Crippen LogP contribution in [0.4, 0.5) is 0 Å². The lowest BCUT2D eigenvalue weighted by molar-refractivity contribution is 0.401. The standard InChI is InChI=1S/C11H16N4O2/c1-7-4-8(6-17-7)10(14-12)11-9(16-3)5-13-15(11)2/h4-6,10,14H,12H2,1-3H3. The van der Waals surface area contributed by atoms with Gasteiger partial charge in [-0.3, -0.25) is 10.5 Å². The Hall–Kier alpha value is -1.79. The number of methoxy groups -OCH3 is 1. The molecule has 0 aromatic carbocycles. The number of nitrogens with two attached hydrogens (primary N) is 1. The summed E-state index contributed by atoms with van der Waals surface area (Å²) in [5.41, 5.74) is 4.54. The first kappa shape index (κ1) is 11.7. The number of nitrogens with zero attached hydrogens (tertiary/aromatic N) is 2. The predicted molar refractivity (Wildman–Crippen MR) is 62.4 cm³/mol. The van der Waals surface area contributed by atoms with E-state index in [9.17, 15) is 0 Å². The van der Waals surface area contributed by atoms with E-state index in [0.29, 0.717) is 5.75 Å². The van der Waals surface area contributed by atoms with Crippen LogP contribution in [0.25, 0.3) is 0 Å². The van der Waals surface area contributed by atoms with Gasteiger partial charge in [0.05, 0.1) is 25.6 Å². The summed E-state index contributed by atoms with van der Waals surface area (Å²) in [6.07, 6.45) is 3.33. The van der Waals surface area contributed by atoms with Crippen molar-refractivity contribution in [1.82, 2.24) is 15.2 Å². The largest absolute Gasteiger partial charge is 0.493 e. The van der Waals surface area contributed by atoms with E-state index < -0.39 is 0 Å². The molecule has 0 saturated carbocycles. The summed E-state index contributed by atoms with van der Waals surface area (Å²) in [5, 5.41) is 4.15. The van der Waals surface area contributed by atoms with Crippen molar-refractivity contribution < 1.29 is 9.15 Å². The van der Waals surface area contributed by atoms with Crippen LogP contribution in [0, 0.1) is 6.92 Å². The second kappa shape index (κ2) is 4.60. The van der Waals surface area contributed by atoms with Gasteiger partial charge in [0.2, 0.25) is 0 Å². The summed E-state index contributed by atoms with van der Waals surface area (Å²) >= 11 is 0. The molecule has 6 nitrogen and oxygen atoms in total. The molecule has 0 saturated heterocycles. The highest BCUT2D eigenvalue weighted by Crippen LogP contribution is 2.29. The maximum absolute atomic E-state index is 5.61. The molecule has 17 heavy (non-hydrogen) atoms. The Morgan fingerprint density at radius 2 is 2.35 bits per heavy atom. The Bertz CT molecular complexity index is 503. The monoisotopic (exact) mass is 236 g/mol. The number of hydrogen-bond acceptors (Lipinski definition) is 5. The molecule has 3 N–H and O–H groups in total. The number of nitrogens with one attached hydrogen (secondary N) is 1. The third kappa shape index (κ3) is 2.04. The van der Waals surface area contributed by atoms with Gasteiger partial charge < -0.3 is 9.15 Å². The normalized spacial score (nSPS) is 12.7. The Morgan fingerprint density at radius 1 is 1.59 bits per heavy atom. The van der Waals surface area contributed by atoms with Crippen molar-refractivity contribution in [3.05, 3.63) is 35.5 Å². The molecule has 2 heterocycles. The van der Waals surface area contributed by atoms with Crippen LogP contribution in [0.1, 0.15) is 23.1 Å². The fourth-order valence-corrected chi connectivity index (χ4v) is 1.86. The lowest BCUT2D eigenvalue weighted by Gasteiger charge is -2.15. The SMILES string of the molecule is COc1cnn(C)c1C(NN)c1coc(C)c1. The average Bonchev–Trinajstić information content (AvgIpc) is 2.89. The zero-order valence-electron chi connectivity index (χ0n) is 10.1. The maximum Gasteiger partial charge on any atom is 0.161 e. The van der Waals surface area contributed by atoms with E-state index in [1.165, 1.54) is 0 Å². The van der Waals surface area contributed by atoms with Crippen LogP contribution in [0.3, 0.4) is 0 Å². The zero-order valence-corrected chi connectivity index (χ0v) is 10.1. The van der Waals surface area contributed by atoms with E-state index in [1.807, 2.05) is 20.0 Å². The van der Waals surface area contributed by atoms with Crippen molar-refractivity contribution >= 4 is 0 Å². The van der Waals surface area contributed by atoms with Gasteiger partial charge in [-0.15, -0.1) is 0 Å². The molecule has 0 amide bonds. The Kier molecular flexibility index (Phi) is 3.16. The van der Waals surface area contributed by atoms with Crippen LogP contribution in [-0.2, 0) is 7.05 Å². The number of hydrazine groups is 1. The molecule has 0 bridgehead atoms. The van der Waals surface area contributed by atoms with Gasteiger partial charge in [-0.05, 0) is 13.0 Å². The van der Waals surface area contributed by atoms with Crippen molar-refractivity contribution in [1.29, 1.82) is 0 Å². The molecular formula is C11H16N4O2. The minimum absolute atomic E-state index is 0.213. The summed E-state index contributed by atoms with van der Waals surface area (Å²) in [4.78, 5) is 0. The quantitative estimate of drug-likeness (QED) is 0.608. The molecule has 1 unspecified atom stereocenters. The minimum atomic E-state index is -0.213. The van der Waals surface area contributed by atoms with Gasteiger partial charge in [0.15, 0.2) is 5.75 Å². The summed E-state index contributed by atoms with van der Waals surface area (Å²) < 4.78 is 12.3. The number of furan rings is 1. The second-order valence-corrected chi connectivity index (χ2v) is 3.81. The number of aryl methyl sites for hydroxylation is 2. The average molecular weight is 236 g/mol. The molecule has 0 radical (unpaired) electrons. The fraction of sp³-hybridized carbons (Fsp3) is 0.364.